The number of carbonyl (C=O) groups excluding carboxylic acids is 2. The van der Waals surface area contributed by atoms with Crippen molar-refractivity contribution in [2.24, 2.45) is 5.92 Å². The highest BCUT2D eigenvalue weighted by molar-refractivity contribution is 7.09. The van der Waals surface area contributed by atoms with Gasteiger partial charge in [0, 0.05) is 11.4 Å². The molecule has 2 rings (SSSR count). The smallest absolute Gasteiger partial charge is 0.408 e. The second-order valence-corrected chi connectivity index (χ2v) is 8.97. The lowest BCUT2D eigenvalue weighted by Crippen LogP contribution is -2.50. The van der Waals surface area contributed by atoms with Gasteiger partial charge >= 0.3 is 6.09 Å². The quantitative estimate of drug-likeness (QED) is 0.692. The lowest BCUT2D eigenvalue weighted by molar-refractivity contribution is -0.134. The number of alkyl carbamates (subject to hydrolysis) is 1. The molecule has 1 fully saturated rings. The molecule has 1 aromatic rings. The van der Waals surface area contributed by atoms with Crippen LogP contribution >= 0.6 is 11.3 Å². The average Bonchev–Trinajstić information content (AvgIpc) is 3.21. The predicted octanol–water partition coefficient (Wildman–Crippen LogP) is 4.38. The standard InChI is InChI=1S/C20H31N2O3S/c1-5-6-9-17(21-19(24)25-20(2,3)4)18(23)22(13-15-10-11-15)14-16-8-7-12-26-16/h7-8,12,15,17H,1,5-6,9-11,13-14H2,2-4H3,(H,21,24). The van der Waals surface area contributed by atoms with Crippen LogP contribution in [0.3, 0.4) is 0 Å². The van der Waals surface area contributed by atoms with Gasteiger partial charge < -0.3 is 15.0 Å². The molecule has 1 unspecified atom stereocenters. The average molecular weight is 380 g/mol. The van der Waals surface area contributed by atoms with E-state index in [2.05, 4.69) is 12.2 Å². The zero-order valence-corrected chi connectivity index (χ0v) is 16.9. The van der Waals surface area contributed by atoms with E-state index in [-0.39, 0.29) is 5.91 Å². The number of rotatable bonds is 9. The number of hydrogen-bond donors (Lipinski definition) is 1. The van der Waals surface area contributed by atoms with Crippen LogP contribution in [0.5, 0.6) is 0 Å². The molecule has 1 heterocycles. The normalized spacial score (nSPS) is 15.4. The van der Waals surface area contributed by atoms with Gasteiger partial charge in [-0.1, -0.05) is 25.8 Å². The molecule has 2 amide bonds. The maximum atomic E-state index is 13.2. The first-order chi connectivity index (χ1) is 12.3. The SMILES string of the molecule is [CH2]CCCC(NC(=O)OC(C)(C)C)C(=O)N(Cc1cccs1)CC1CC1. The van der Waals surface area contributed by atoms with E-state index in [1.165, 1.54) is 12.8 Å². The number of nitrogens with zero attached hydrogens (tertiary/aromatic N) is 1. The van der Waals surface area contributed by atoms with Gasteiger partial charge in [0.15, 0.2) is 0 Å². The number of carbonyl (C=O) groups is 2. The predicted molar refractivity (Wildman–Crippen MR) is 105 cm³/mol. The molecule has 1 saturated carbocycles. The monoisotopic (exact) mass is 379 g/mol. The molecule has 1 N–H and O–H groups in total. The maximum absolute atomic E-state index is 13.2. The highest BCUT2D eigenvalue weighted by Crippen LogP contribution is 2.31. The third kappa shape index (κ3) is 7.36. The molecule has 0 saturated heterocycles. The minimum atomic E-state index is -0.589. The Morgan fingerprint density at radius 2 is 2.15 bits per heavy atom. The number of thiophene rings is 1. The van der Waals surface area contributed by atoms with E-state index in [1.54, 1.807) is 11.3 Å². The first-order valence-electron chi connectivity index (χ1n) is 9.38. The topological polar surface area (TPSA) is 58.6 Å². The van der Waals surface area contributed by atoms with Crippen LogP contribution in [-0.4, -0.2) is 35.1 Å². The van der Waals surface area contributed by atoms with Crippen LogP contribution in [0.2, 0.25) is 0 Å². The second kappa shape index (κ2) is 9.40. The molecule has 0 spiro atoms. The Labute approximate surface area is 161 Å². The summed E-state index contributed by atoms with van der Waals surface area (Å²) in [5.41, 5.74) is -0.589. The summed E-state index contributed by atoms with van der Waals surface area (Å²) < 4.78 is 5.34. The largest absolute Gasteiger partial charge is 0.444 e. The molecule has 6 heteroatoms. The molecule has 1 aliphatic carbocycles. The lowest BCUT2D eigenvalue weighted by atomic mass is 10.1. The third-order valence-electron chi connectivity index (χ3n) is 4.15. The Morgan fingerprint density at radius 1 is 1.42 bits per heavy atom. The van der Waals surface area contributed by atoms with Crippen molar-refractivity contribution in [3.63, 3.8) is 0 Å². The van der Waals surface area contributed by atoms with Gasteiger partial charge in [0.25, 0.3) is 0 Å². The molecule has 1 atom stereocenters. The van der Waals surface area contributed by atoms with Crippen molar-refractivity contribution in [1.82, 2.24) is 10.2 Å². The highest BCUT2D eigenvalue weighted by atomic mass is 32.1. The fourth-order valence-electron chi connectivity index (χ4n) is 2.71. The van der Waals surface area contributed by atoms with E-state index in [0.717, 1.165) is 24.3 Å². The van der Waals surface area contributed by atoms with Gasteiger partial charge in [0.05, 0.1) is 6.54 Å². The zero-order valence-electron chi connectivity index (χ0n) is 16.1. The molecule has 0 aliphatic heterocycles. The third-order valence-corrected chi connectivity index (χ3v) is 5.01. The first kappa shape index (κ1) is 20.7. The summed E-state index contributed by atoms with van der Waals surface area (Å²) in [6.45, 7) is 10.7. The summed E-state index contributed by atoms with van der Waals surface area (Å²) in [4.78, 5) is 28.4. The maximum Gasteiger partial charge on any atom is 0.408 e. The fraction of sp³-hybridized carbons (Fsp3) is 0.650. The van der Waals surface area contributed by atoms with Crippen LogP contribution in [0.4, 0.5) is 4.79 Å². The summed E-state index contributed by atoms with van der Waals surface area (Å²) in [7, 11) is 0. The molecular weight excluding hydrogens is 348 g/mol. The van der Waals surface area contributed by atoms with Crippen LogP contribution in [-0.2, 0) is 16.1 Å². The first-order valence-corrected chi connectivity index (χ1v) is 10.3. The lowest BCUT2D eigenvalue weighted by Gasteiger charge is -2.29. The van der Waals surface area contributed by atoms with Gasteiger partial charge in [-0.05, 0) is 57.4 Å². The van der Waals surface area contributed by atoms with Gasteiger partial charge in [-0.25, -0.2) is 4.79 Å². The molecular formula is C20H31N2O3S. The van der Waals surface area contributed by atoms with Gasteiger partial charge in [0.1, 0.15) is 11.6 Å². The molecule has 0 bridgehead atoms. The Balaban J connectivity index is 2.05. The summed E-state index contributed by atoms with van der Waals surface area (Å²) >= 11 is 1.65. The van der Waals surface area contributed by atoms with E-state index >= 15 is 0 Å². The molecule has 145 valence electrons. The van der Waals surface area contributed by atoms with Gasteiger partial charge in [-0.15, -0.1) is 11.3 Å². The van der Waals surface area contributed by atoms with Crippen molar-refractivity contribution in [1.29, 1.82) is 0 Å². The van der Waals surface area contributed by atoms with Crippen molar-refractivity contribution in [3.05, 3.63) is 29.3 Å². The van der Waals surface area contributed by atoms with Crippen molar-refractivity contribution in [3.8, 4) is 0 Å². The number of amides is 2. The Morgan fingerprint density at radius 3 is 2.69 bits per heavy atom. The van der Waals surface area contributed by atoms with E-state index < -0.39 is 17.7 Å². The highest BCUT2D eigenvalue weighted by Gasteiger charge is 2.32. The van der Waals surface area contributed by atoms with E-state index in [1.807, 2.05) is 43.2 Å². The summed E-state index contributed by atoms with van der Waals surface area (Å²) in [6.07, 6.45) is 3.90. The van der Waals surface area contributed by atoms with Crippen molar-refractivity contribution < 1.29 is 14.3 Å². The summed E-state index contributed by atoms with van der Waals surface area (Å²) in [5, 5.41) is 4.81. The molecule has 26 heavy (non-hydrogen) atoms. The van der Waals surface area contributed by atoms with Crippen LogP contribution in [0.25, 0.3) is 0 Å². The zero-order chi connectivity index (χ0) is 19.2. The Hall–Kier alpha value is -1.56. The summed E-state index contributed by atoms with van der Waals surface area (Å²) in [6, 6.07) is 3.48. The minimum Gasteiger partial charge on any atom is -0.444 e. The van der Waals surface area contributed by atoms with E-state index in [9.17, 15) is 9.59 Å². The molecule has 1 aromatic heterocycles. The summed E-state index contributed by atoms with van der Waals surface area (Å²) in [5.74, 6) is 0.568. The van der Waals surface area contributed by atoms with Crippen molar-refractivity contribution in [2.75, 3.05) is 6.54 Å². The van der Waals surface area contributed by atoms with Crippen LogP contribution in [0, 0.1) is 12.8 Å². The number of nitrogens with one attached hydrogen (secondary N) is 1. The van der Waals surface area contributed by atoms with Crippen LogP contribution in [0.15, 0.2) is 17.5 Å². The number of ether oxygens (including phenoxy) is 1. The number of unbranched alkanes of at least 4 members (excludes halogenated alkanes) is 1. The number of hydrogen-bond acceptors (Lipinski definition) is 4. The fourth-order valence-corrected chi connectivity index (χ4v) is 3.43. The van der Waals surface area contributed by atoms with Gasteiger partial charge in [-0.3, -0.25) is 4.79 Å². The molecule has 1 aliphatic rings. The van der Waals surface area contributed by atoms with Crippen LogP contribution < -0.4 is 5.32 Å². The van der Waals surface area contributed by atoms with Gasteiger partial charge in [-0.2, -0.15) is 0 Å². The molecule has 0 aromatic carbocycles. The second-order valence-electron chi connectivity index (χ2n) is 7.94. The minimum absolute atomic E-state index is 0.0235. The van der Waals surface area contributed by atoms with Gasteiger partial charge in [0.2, 0.25) is 5.91 Å². The van der Waals surface area contributed by atoms with Crippen molar-refractivity contribution >= 4 is 23.3 Å². The van der Waals surface area contributed by atoms with E-state index in [4.69, 9.17) is 4.74 Å². The van der Waals surface area contributed by atoms with E-state index in [0.29, 0.717) is 18.9 Å². The molecule has 1 radical (unpaired) electrons. The molecule has 5 nitrogen and oxygen atoms in total. The Kier molecular flexibility index (Phi) is 7.50. The van der Waals surface area contributed by atoms with Crippen molar-refractivity contribution in [2.45, 2.75) is 71.1 Å². The van der Waals surface area contributed by atoms with Crippen LogP contribution in [0.1, 0.15) is 57.8 Å². The Bertz CT molecular complexity index is 576.